The van der Waals surface area contributed by atoms with Crippen LogP contribution >= 0.6 is 0 Å². The fraction of sp³-hybridized carbons (Fsp3) is 0.750. The molecule has 0 aliphatic heterocycles. The second-order valence-electron chi connectivity index (χ2n) is 4.12. The summed E-state index contributed by atoms with van der Waals surface area (Å²) >= 11 is 0. The van der Waals surface area contributed by atoms with Gasteiger partial charge in [-0.1, -0.05) is 33.8 Å². The molecule has 0 N–H and O–H groups in total. The van der Waals surface area contributed by atoms with Gasteiger partial charge in [-0.05, 0) is 24.7 Å². The Kier molecular flexibility index (Phi) is 7.17. The van der Waals surface area contributed by atoms with Crippen LogP contribution in [0.25, 0.3) is 0 Å². The van der Waals surface area contributed by atoms with E-state index in [0.717, 1.165) is 19.3 Å². The van der Waals surface area contributed by atoms with Gasteiger partial charge in [0.25, 0.3) is 0 Å². The summed E-state index contributed by atoms with van der Waals surface area (Å²) < 4.78 is 5.05. The van der Waals surface area contributed by atoms with E-state index in [1.807, 2.05) is 0 Å². The molecule has 0 aromatic carbocycles. The smallest absolute Gasteiger partial charge is 0.330 e. The van der Waals surface area contributed by atoms with Crippen LogP contribution < -0.4 is 0 Å². The van der Waals surface area contributed by atoms with E-state index in [9.17, 15) is 4.79 Å². The van der Waals surface area contributed by atoms with Gasteiger partial charge in [0.15, 0.2) is 0 Å². The molecule has 0 radical (unpaired) electrons. The molecule has 0 heterocycles. The topological polar surface area (TPSA) is 26.3 Å². The SMILES string of the molecule is C=CC(=O)OCC(CCC)CC(C)C. The molecular formula is C12H22O2. The van der Waals surface area contributed by atoms with Crippen LogP contribution in [-0.2, 0) is 9.53 Å². The Morgan fingerprint density at radius 2 is 2.14 bits per heavy atom. The lowest BCUT2D eigenvalue weighted by Gasteiger charge is -2.17. The van der Waals surface area contributed by atoms with E-state index in [0.29, 0.717) is 18.4 Å². The summed E-state index contributed by atoms with van der Waals surface area (Å²) in [6.07, 6.45) is 4.61. The fourth-order valence-corrected chi connectivity index (χ4v) is 1.60. The minimum atomic E-state index is -0.310. The number of rotatable bonds is 7. The van der Waals surface area contributed by atoms with E-state index in [-0.39, 0.29) is 5.97 Å². The number of hydrogen-bond acceptors (Lipinski definition) is 2. The van der Waals surface area contributed by atoms with E-state index in [1.54, 1.807) is 0 Å². The molecule has 1 unspecified atom stereocenters. The molecule has 0 aromatic heterocycles. The lowest BCUT2D eigenvalue weighted by atomic mass is 9.94. The first-order chi connectivity index (χ1) is 6.60. The van der Waals surface area contributed by atoms with Crippen LogP contribution in [0.2, 0.25) is 0 Å². The van der Waals surface area contributed by atoms with Crippen molar-refractivity contribution in [3.63, 3.8) is 0 Å². The number of hydrogen-bond donors (Lipinski definition) is 0. The maximum absolute atomic E-state index is 10.9. The number of ether oxygens (including phenoxy) is 1. The minimum Gasteiger partial charge on any atom is -0.462 e. The van der Waals surface area contributed by atoms with Crippen molar-refractivity contribution in [3.05, 3.63) is 12.7 Å². The standard InChI is InChI=1S/C12H22O2/c1-5-7-11(8-10(3)4)9-14-12(13)6-2/h6,10-11H,2,5,7-9H2,1,3-4H3. The van der Waals surface area contributed by atoms with Gasteiger partial charge in [0.1, 0.15) is 0 Å². The first-order valence-corrected chi connectivity index (χ1v) is 5.39. The molecule has 0 spiro atoms. The molecule has 0 fully saturated rings. The molecule has 0 saturated carbocycles. The largest absolute Gasteiger partial charge is 0.462 e. The monoisotopic (exact) mass is 198 g/mol. The number of esters is 1. The zero-order valence-corrected chi connectivity index (χ0v) is 9.58. The van der Waals surface area contributed by atoms with Crippen molar-refractivity contribution >= 4 is 5.97 Å². The summed E-state index contributed by atoms with van der Waals surface area (Å²) in [6, 6.07) is 0. The summed E-state index contributed by atoms with van der Waals surface area (Å²) in [4.78, 5) is 10.9. The van der Waals surface area contributed by atoms with Gasteiger partial charge in [-0.15, -0.1) is 0 Å². The summed E-state index contributed by atoms with van der Waals surface area (Å²) in [5.74, 6) is 0.854. The van der Waals surface area contributed by atoms with Gasteiger partial charge in [-0.25, -0.2) is 4.79 Å². The normalized spacial score (nSPS) is 12.6. The van der Waals surface area contributed by atoms with E-state index in [2.05, 4.69) is 27.4 Å². The molecule has 0 aliphatic carbocycles. The highest BCUT2D eigenvalue weighted by Crippen LogP contribution is 2.17. The predicted octanol–water partition coefficient (Wildman–Crippen LogP) is 3.18. The summed E-state index contributed by atoms with van der Waals surface area (Å²) in [6.45, 7) is 10.4. The highest BCUT2D eigenvalue weighted by Gasteiger charge is 2.11. The lowest BCUT2D eigenvalue weighted by molar-refractivity contribution is -0.139. The van der Waals surface area contributed by atoms with Crippen LogP contribution in [0.5, 0.6) is 0 Å². The molecule has 14 heavy (non-hydrogen) atoms. The molecule has 0 aromatic rings. The number of carbonyl (C=O) groups is 1. The maximum Gasteiger partial charge on any atom is 0.330 e. The zero-order valence-electron chi connectivity index (χ0n) is 9.58. The van der Waals surface area contributed by atoms with Gasteiger partial charge >= 0.3 is 5.97 Å². The van der Waals surface area contributed by atoms with Crippen molar-refractivity contribution in [2.24, 2.45) is 11.8 Å². The summed E-state index contributed by atoms with van der Waals surface area (Å²) in [5, 5.41) is 0. The molecule has 0 amide bonds. The number of carbonyl (C=O) groups excluding carboxylic acids is 1. The van der Waals surface area contributed by atoms with Gasteiger partial charge in [0, 0.05) is 6.08 Å². The molecule has 0 rings (SSSR count). The highest BCUT2D eigenvalue weighted by atomic mass is 16.5. The van der Waals surface area contributed by atoms with E-state index in [1.165, 1.54) is 6.08 Å². The molecule has 0 aliphatic rings. The Labute approximate surface area is 87.3 Å². The molecule has 0 bridgehead atoms. The third-order valence-electron chi connectivity index (χ3n) is 2.13. The Morgan fingerprint density at radius 1 is 1.50 bits per heavy atom. The van der Waals surface area contributed by atoms with Crippen molar-refractivity contribution in [3.8, 4) is 0 Å². The summed E-state index contributed by atoms with van der Waals surface area (Å²) in [7, 11) is 0. The van der Waals surface area contributed by atoms with Gasteiger partial charge in [0.2, 0.25) is 0 Å². The molecule has 0 saturated heterocycles. The quantitative estimate of drug-likeness (QED) is 0.464. The molecular weight excluding hydrogens is 176 g/mol. The summed E-state index contributed by atoms with van der Waals surface area (Å²) in [5.41, 5.74) is 0. The lowest BCUT2D eigenvalue weighted by Crippen LogP contribution is -2.14. The van der Waals surface area contributed by atoms with Crippen LogP contribution in [0.4, 0.5) is 0 Å². The Hall–Kier alpha value is -0.790. The molecule has 2 nitrogen and oxygen atoms in total. The van der Waals surface area contributed by atoms with Crippen LogP contribution in [0, 0.1) is 11.8 Å². The van der Waals surface area contributed by atoms with E-state index in [4.69, 9.17) is 4.74 Å². The van der Waals surface area contributed by atoms with Gasteiger partial charge in [-0.3, -0.25) is 0 Å². The Morgan fingerprint density at radius 3 is 2.57 bits per heavy atom. The third kappa shape index (κ3) is 6.70. The minimum absolute atomic E-state index is 0.310. The predicted molar refractivity (Wildman–Crippen MR) is 59.0 cm³/mol. The van der Waals surface area contributed by atoms with Gasteiger partial charge < -0.3 is 4.74 Å². The van der Waals surface area contributed by atoms with Crippen LogP contribution in [0.15, 0.2) is 12.7 Å². The van der Waals surface area contributed by atoms with Crippen molar-refractivity contribution < 1.29 is 9.53 Å². The first kappa shape index (κ1) is 13.2. The van der Waals surface area contributed by atoms with Crippen molar-refractivity contribution in [1.29, 1.82) is 0 Å². The van der Waals surface area contributed by atoms with Crippen LogP contribution in [-0.4, -0.2) is 12.6 Å². The van der Waals surface area contributed by atoms with Crippen molar-refractivity contribution in [2.75, 3.05) is 6.61 Å². The van der Waals surface area contributed by atoms with Gasteiger partial charge in [0.05, 0.1) is 6.61 Å². The maximum atomic E-state index is 10.9. The van der Waals surface area contributed by atoms with Crippen LogP contribution in [0.3, 0.4) is 0 Å². The Bertz CT molecular complexity index is 173. The second-order valence-corrected chi connectivity index (χ2v) is 4.12. The molecule has 2 heteroatoms. The second kappa shape index (κ2) is 7.60. The van der Waals surface area contributed by atoms with Crippen molar-refractivity contribution in [2.45, 2.75) is 40.0 Å². The Balaban J connectivity index is 3.83. The first-order valence-electron chi connectivity index (χ1n) is 5.39. The van der Waals surface area contributed by atoms with E-state index >= 15 is 0 Å². The molecule has 82 valence electrons. The van der Waals surface area contributed by atoms with Crippen molar-refractivity contribution in [1.82, 2.24) is 0 Å². The average Bonchev–Trinajstić information content (AvgIpc) is 2.13. The van der Waals surface area contributed by atoms with Gasteiger partial charge in [-0.2, -0.15) is 0 Å². The van der Waals surface area contributed by atoms with Crippen LogP contribution in [0.1, 0.15) is 40.0 Å². The van der Waals surface area contributed by atoms with E-state index < -0.39 is 0 Å². The average molecular weight is 198 g/mol. The highest BCUT2D eigenvalue weighted by molar-refractivity contribution is 5.81. The zero-order chi connectivity index (χ0) is 11.0. The molecule has 1 atom stereocenters. The fourth-order valence-electron chi connectivity index (χ4n) is 1.60. The third-order valence-corrected chi connectivity index (χ3v) is 2.13.